The number of benzene rings is 2. The lowest BCUT2D eigenvalue weighted by atomic mass is 10.0. The number of hydrogen-bond acceptors (Lipinski definition) is 2. The number of halogens is 3. The normalized spacial score (nSPS) is 14.7. The standard InChI is InChI=1S/C18H15F3N2O2/c19-13-4-2-1-3-11(13)10-22-16(24)18(7-8-18)17(25)23-12-5-6-14(20)15(21)9-12/h1-6,9H,7-8,10H2,(H,22,24)(H,23,25). The van der Waals surface area contributed by atoms with Gasteiger partial charge in [0, 0.05) is 23.9 Å². The average Bonchev–Trinajstić information content (AvgIpc) is 3.39. The highest BCUT2D eigenvalue weighted by Crippen LogP contribution is 2.47. The summed E-state index contributed by atoms with van der Waals surface area (Å²) in [4.78, 5) is 24.7. The first-order valence-corrected chi connectivity index (χ1v) is 7.70. The lowest BCUT2D eigenvalue weighted by Gasteiger charge is -2.16. The molecule has 4 nitrogen and oxygen atoms in total. The first-order chi connectivity index (χ1) is 11.9. The Balaban J connectivity index is 1.64. The summed E-state index contributed by atoms with van der Waals surface area (Å²) in [6.45, 7) is -0.0360. The van der Waals surface area contributed by atoms with E-state index in [1.54, 1.807) is 6.07 Å². The van der Waals surface area contributed by atoms with Gasteiger partial charge in [0.05, 0.1) is 0 Å². The van der Waals surface area contributed by atoms with Crippen molar-refractivity contribution in [3.05, 3.63) is 65.5 Å². The van der Waals surface area contributed by atoms with Crippen molar-refractivity contribution in [3.63, 3.8) is 0 Å². The van der Waals surface area contributed by atoms with Crippen molar-refractivity contribution < 1.29 is 22.8 Å². The van der Waals surface area contributed by atoms with Crippen LogP contribution in [0.4, 0.5) is 18.9 Å². The van der Waals surface area contributed by atoms with E-state index in [9.17, 15) is 22.8 Å². The molecule has 1 aliphatic rings. The molecule has 0 heterocycles. The van der Waals surface area contributed by atoms with Crippen LogP contribution in [-0.4, -0.2) is 11.8 Å². The van der Waals surface area contributed by atoms with Crippen molar-refractivity contribution in [1.82, 2.24) is 5.32 Å². The van der Waals surface area contributed by atoms with Gasteiger partial charge in [-0.1, -0.05) is 18.2 Å². The predicted octanol–water partition coefficient (Wildman–Crippen LogP) is 3.14. The molecule has 0 aliphatic heterocycles. The molecule has 0 atom stereocenters. The first kappa shape index (κ1) is 17.0. The average molecular weight is 348 g/mol. The van der Waals surface area contributed by atoms with Crippen molar-refractivity contribution in [2.45, 2.75) is 19.4 Å². The van der Waals surface area contributed by atoms with Gasteiger partial charge in [0.1, 0.15) is 11.2 Å². The van der Waals surface area contributed by atoms with E-state index in [1.165, 1.54) is 24.3 Å². The minimum atomic E-state index is -1.25. The van der Waals surface area contributed by atoms with Crippen LogP contribution in [0.25, 0.3) is 0 Å². The van der Waals surface area contributed by atoms with Crippen LogP contribution in [0.15, 0.2) is 42.5 Å². The number of amides is 2. The van der Waals surface area contributed by atoms with E-state index in [2.05, 4.69) is 10.6 Å². The maximum atomic E-state index is 13.6. The number of rotatable bonds is 5. The minimum Gasteiger partial charge on any atom is -0.351 e. The molecule has 1 aliphatic carbocycles. The van der Waals surface area contributed by atoms with Crippen LogP contribution in [0.5, 0.6) is 0 Å². The predicted molar refractivity (Wildman–Crippen MR) is 84.9 cm³/mol. The molecule has 130 valence electrons. The van der Waals surface area contributed by atoms with Crippen LogP contribution in [0.1, 0.15) is 18.4 Å². The lowest BCUT2D eigenvalue weighted by molar-refractivity contribution is -0.134. The third-order valence-corrected chi connectivity index (χ3v) is 4.19. The molecule has 2 aromatic rings. The van der Waals surface area contributed by atoms with Crippen LogP contribution in [0.3, 0.4) is 0 Å². The third kappa shape index (κ3) is 3.50. The highest BCUT2D eigenvalue weighted by molar-refractivity contribution is 6.13. The Morgan fingerprint density at radius 2 is 1.64 bits per heavy atom. The summed E-state index contributed by atoms with van der Waals surface area (Å²) in [5, 5.41) is 4.98. The number of carbonyl (C=O) groups is 2. The molecule has 7 heteroatoms. The zero-order valence-electron chi connectivity index (χ0n) is 13.1. The molecule has 2 aromatic carbocycles. The Kier molecular flexibility index (Phi) is 4.48. The van der Waals surface area contributed by atoms with Gasteiger partial charge in [-0.3, -0.25) is 9.59 Å². The van der Waals surface area contributed by atoms with Gasteiger partial charge >= 0.3 is 0 Å². The van der Waals surface area contributed by atoms with Crippen LogP contribution in [0, 0.1) is 22.9 Å². The summed E-state index contributed by atoms with van der Waals surface area (Å²) >= 11 is 0. The summed E-state index contributed by atoms with van der Waals surface area (Å²) in [6, 6.07) is 8.96. The van der Waals surface area contributed by atoms with Crippen LogP contribution >= 0.6 is 0 Å². The Labute approximate surface area is 142 Å². The Morgan fingerprint density at radius 3 is 2.28 bits per heavy atom. The van der Waals surface area contributed by atoms with Crippen molar-refractivity contribution in [2.75, 3.05) is 5.32 Å². The molecule has 0 radical (unpaired) electrons. The number of anilines is 1. The molecule has 2 amide bonds. The molecule has 25 heavy (non-hydrogen) atoms. The quantitative estimate of drug-likeness (QED) is 0.816. The van der Waals surface area contributed by atoms with E-state index in [0.29, 0.717) is 18.4 Å². The molecule has 1 fully saturated rings. The Morgan fingerprint density at radius 1 is 0.920 bits per heavy atom. The smallest absolute Gasteiger partial charge is 0.240 e. The number of hydrogen-bond donors (Lipinski definition) is 2. The van der Waals surface area contributed by atoms with Gasteiger partial charge < -0.3 is 10.6 Å². The van der Waals surface area contributed by atoms with Crippen molar-refractivity contribution in [3.8, 4) is 0 Å². The topological polar surface area (TPSA) is 58.2 Å². The van der Waals surface area contributed by atoms with E-state index in [4.69, 9.17) is 0 Å². The summed E-state index contributed by atoms with van der Waals surface area (Å²) < 4.78 is 39.7. The molecule has 2 N–H and O–H groups in total. The van der Waals surface area contributed by atoms with Gasteiger partial charge in [-0.2, -0.15) is 0 Å². The van der Waals surface area contributed by atoms with Crippen LogP contribution in [-0.2, 0) is 16.1 Å². The van der Waals surface area contributed by atoms with E-state index in [-0.39, 0.29) is 12.2 Å². The number of nitrogens with one attached hydrogen (secondary N) is 2. The summed E-state index contributed by atoms with van der Waals surface area (Å²) in [6.07, 6.45) is 0.678. The third-order valence-electron chi connectivity index (χ3n) is 4.19. The van der Waals surface area contributed by atoms with Gasteiger partial charge in [-0.15, -0.1) is 0 Å². The van der Waals surface area contributed by atoms with Crippen LogP contribution < -0.4 is 10.6 Å². The fourth-order valence-electron chi connectivity index (χ4n) is 2.49. The second-order valence-electron chi connectivity index (χ2n) is 5.94. The zero-order valence-corrected chi connectivity index (χ0v) is 13.1. The van der Waals surface area contributed by atoms with E-state index >= 15 is 0 Å². The highest BCUT2D eigenvalue weighted by atomic mass is 19.2. The fraction of sp³-hybridized carbons (Fsp3) is 0.222. The Hall–Kier alpha value is -2.83. The Bertz CT molecular complexity index is 835. The molecule has 0 aromatic heterocycles. The number of carbonyl (C=O) groups excluding carboxylic acids is 2. The second kappa shape index (κ2) is 6.58. The van der Waals surface area contributed by atoms with E-state index in [1.807, 2.05) is 0 Å². The van der Waals surface area contributed by atoms with E-state index < -0.39 is 34.7 Å². The molecule has 1 saturated carbocycles. The molecule has 0 bridgehead atoms. The summed E-state index contributed by atoms with van der Waals surface area (Å²) in [5.41, 5.74) is -0.874. The van der Waals surface area contributed by atoms with Crippen molar-refractivity contribution in [1.29, 1.82) is 0 Å². The molecular formula is C18H15F3N2O2. The lowest BCUT2D eigenvalue weighted by Crippen LogP contribution is -2.39. The fourth-order valence-corrected chi connectivity index (χ4v) is 2.49. The maximum absolute atomic E-state index is 13.6. The summed E-state index contributed by atoms with van der Waals surface area (Å²) in [7, 11) is 0. The van der Waals surface area contributed by atoms with E-state index in [0.717, 1.165) is 12.1 Å². The molecular weight excluding hydrogens is 333 g/mol. The second-order valence-corrected chi connectivity index (χ2v) is 5.94. The largest absolute Gasteiger partial charge is 0.351 e. The maximum Gasteiger partial charge on any atom is 0.240 e. The van der Waals surface area contributed by atoms with Gasteiger partial charge in [-0.05, 0) is 31.0 Å². The summed E-state index contributed by atoms with van der Waals surface area (Å²) in [5.74, 6) is -3.67. The van der Waals surface area contributed by atoms with Crippen LogP contribution in [0.2, 0.25) is 0 Å². The molecule has 0 saturated heterocycles. The minimum absolute atomic E-state index is 0.0360. The van der Waals surface area contributed by atoms with Crippen molar-refractivity contribution in [2.24, 2.45) is 5.41 Å². The zero-order chi connectivity index (χ0) is 18.0. The highest BCUT2D eigenvalue weighted by Gasteiger charge is 2.56. The van der Waals surface area contributed by atoms with Gasteiger partial charge in [0.2, 0.25) is 11.8 Å². The van der Waals surface area contributed by atoms with Gasteiger partial charge in [0.15, 0.2) is 11.6 Å². The molecule has 0 spiro atoms. The molecule has 0 unspecified atom stereocenters. The monoisotopic (exact) mass is 348 g/mol. The SMILES string of the molecule is O=C(NCc1ccccc1F)C1(C(=O)Nc2ccc(F)c(F)c2)CC1. The first-order valence-electron chi connectivity index (χ1n) is 7.70. The van der Waals surface area contributed by atoms with Gasteiger partial charge in [0.25, 0.3) is 0 Å². The molecule has 3 rings (SSSR count). The van der Waals surface area contributed by atoms with Crippen molar-refractivity contribution >= 4 is 17.5 Å². The van der Waals surface area contributed by atoms with Gasteiger partial charge in [-0.25, -0.2) is 13.2 Å².